The molecule has 0 spiro atoms. The van der Waals surface area contributed by atoms with Gasteiger partial charge in [0.2, 0.25) is 0 Å². The summed E-state index contributed by atoms with van der Waals surface area (Å²) in [6.07, 6.45) is 3.59. The van der Waals surface area contributed by atoms with Crippen LogP contribution in [0, 0.1) is 5.92 Å². The van der Waals surface area contributed by atoms with E-state index in [2.05, 4.69) is 0 Å². The van der Waals surface area contributed by atoms with Crippen molar-refractivity contribution in [3.05, 3.63) is 0 Å². The third-order valence-corrected chi connectivity index (χ3v) is 2.91. The average Bonchev–Trinajstić information content (AvgIpc) is 2.64. The van der Waals surface area contributed by atoms with E-state index in [1.807, 2.05) is 11.8 Å². The summed E-state index contributed by atoms with van der Waals surface area (Å²) in [4.78, 5) is 13.2. The number of amides is 1. The molecular weight excluding hydrogens is 154 g/mol. The van der Waals surface area contributed by atoms with E-state index in [9.17, 15) is 4.79 Å². The van der Waals surface area contributed by atoms with Gasteiger partial charge in [-0.25, -0.2) is 4.79 Å². The Kier molecular flexibility index (Phi) is 1.95. The molecule has 1 saturated carbocycles. The van der Waals surface area contributed by atoms with Gasteiger partial charge in [0.25, 0.3) is 0 Å². The fourth-order valence-electron chi connectivity index (χ4n) is 2.35. The highest BCUT2D eigenvalue weighted by molar-refractivity contribution is 5.68. The second-order valence-corrected chi connectivity index (χ2v) is 3.68. The van der Waals surface area contributed by atoms with Crippen molar-refractivity contribution < 1.29 is 9.53 Å². The van der Waals surface area contributed by atoms with Crippen LogP contribution in [-0.4, -0.2) is 30.2 Å². The molecule has 2 fully saturated rings. The van der Waals surface area contributed by atoms with Gasteiger partial charge in [-0.3, -0.25) is 0 Å². The number of hydrogen-bond acceptors (Lipinski definition) is 2. The monoisotopic (exact) mass is 169 g/mol. The number of fused-ring (bicyclic) bond motifs is 2. The number of rotatable bonds is 1. The maximum Gasteiger partial charge on any atom is 0.410 e. The normalized spacial score (nSPS) is 32.6. The van der Waals surface area contributed by atoms with Crippen LogP contribution in [0.2, 0.25) is 0 Å². The van der Waals surface area contributed by atoms with Gasteiger partial charge in [0.15, 0.2) is 0 Å². The molecule has 1 aliphatic heterocycles. The fraction of sp³-hybridized carbons (Fsp3) is 0.889. The van der Waals surface area contributed by atoms with Gasteiger partial charge >= 0.3 is 6.09 Å². The van der Waals surface area contributed by atoms with Crippen LogP contribution in [0.1, 0.15) is 26.2 Å². The zero-order chi connectivity index (χ0) is 8.55. The first-order valence-corrected chi connectivity index (χ1v) is 4.74. The number of likely N-dealkylation sites (tertiary alicyclic amines) is 1. The molecule has 1 heterocycles. The van der Waals surface area contributed by atoms with Crippen LogP contribution < -0.4 is 0 Å². The van der Waals surface area contributed by atoms with Crippen molar-refractivity contribution in [3.8, 4) is 0 Å². The topological polar surface area (TPSA) is 29.5 Å². The number of carbonyl (C=O) groups is 1. The molecule has 1 amide bonds. The molecule has 0 radical (unpaired) electrons. The van der Waals surface area contributed by atoms with E-state index in [1.165, 1.54) is 19.3 Å². The quantitative estimate of drug-likeness (QED) is 0.597. The smallest absolute Gasteiger partial charge is 0.410 e. The summed E-state index contributed by atoms with van der Waals surface area (Å²) < 4.78 is 4.97. The number of hydrogen-bond donors (Lipinski definition) is 0. The Labute approximate surface area is 72.7 Å². The first-order chi connectivity index (χ1) is 5.81. The predicted molar refractivity (Wildman–Crippen MR) is 44.9 cm³/mol. The van der Waals surface area contributed by atoms with Gasteiger partial charge < -0.3 is 9.64 Å². The molecule has 2 atom stereocenters. The SMILES string of the molecule is CCOC(=O)N1CC2CCC1C2. The highest BCUT2D eigenvalue weighted by Gasteiger charge is 2.40. The lowest BCUT2D eigenvalue weighted by atomic mass is 10.1. The Morgan fingerprint density at radius 1 is 1.58 bits per heavy atom. The minimum atomic E-state index is -0.107. The Bertz CT molecular complexity index is 193. The van der Waals surface area contributed by atoms with E-state index in [-0.39, 0.29) is 6.09 Å². The zero-order valence-electron chi connectivity index (χ0n) is 7.45. The fourth-order valence-corrected chi connectivity index (χ4v) is 2.35. The van der Waals surface area contributed by atoms with E-state index in [0.29, 0.717) is 12.6 Å². The lowest BCUT2D eigenvalue weighted by Crippen LogP contribution is -2.37. The summed E-state index contributed by atoms with van der Waals surface area (Å²) in [6, 6.07) is 0.494. The van der Waals surface area contributed by atoms with Gasteiger partial charge in [0.1, 0.15) is 0 Å². The molecule has 1 saturated heterocycles. The van der Waals surface area contributed by atoms with Gasteiger partial charge in [0.05, 0.1) is 6.61 Å². The molecule has 2 unspecified atom stereocenters. The highest BCUT2D eigenvalue weighted by Crippen LogP contribution is 2.37. The van der Waals surface area contributed by atoms with E-state index < -0.39 is 0 Å². The van der Waals surface area contributed by atoms with Gasteiger partial charge in [-0.15, -0.1) is 0 Å². The molecule has 1 aliphatic carbocycles. The average molecular weight is 169 g/mol. The van der Waals surface area contributed by atoms with Gasteiger partial charge in [-0.2, -0.15) is 0 Å². The molecule has 68 valence electrons. The minimum Gasteiger partial charge on any atom is -0.450 e. The summed E-state index contributed by atoms with van der Waals surface area (Å²) in [5.41, 5.74) is 0. The minimum absolute atomic E-state index is 0.107. The van der Waals surface area contributed by atoms with E-state index >= 15 is 0 Å². The Morgan fingerprint density at radius 3 is 2.92 bits per heavy atom. The summed E-state index contributed by atoms with van der Waals surface area (Å²) >= 11 is 0. The van der Waals surface area contributed by atoms with Crippen molar-refractivity contribution in [3.63, 3.8) is 0 Å². The van der Waals surface area contributed by atoms with Crippen LogP contribution in [0.25, 0.3) is 0 Å². The number of piperidine rings is 1. The largest absolute Gasteiger partial charge is 0.450 e. The van der Waals surface area contributed by atoms with Crippen LogP contribution in [0.5, 0.6) is 0 Å². The lowest BCUT2D eigenvalue weighted by molar-refractivity contribution is 0.0954. The second kappa shape index (κ2) is 2.96. The maximum atomic E-state index is 11.3. The molecule has 0 N–H and O–H groups in total. The molecule has 0 aromatic heterocycles. The van der Waals surface area contributed by atoms with Crippen LogP contribution in [0.3, 0.4) is 0 Å². The molecule has 2 aliphatic rings. The molecule has 2 bridgehead atoms. The van der Waals surface area contributed by atoms with Gasteiger partial charge in [-0.1, -0.05) is 0 Å². The third-order valence-electron chi connectivity index (χ3n) is 2.91. The van der Waals surface area contributed by atoms with Crippen molar-refractivity contribution in [2.24, 2.45) is 5.92 Å². The lowest BCUT2D eigenvalue weighted by Gasteiger charge is -2.25. The van der Waals surface area contributed by atoms with Gasteiger partial charge in [0, 0.05) is 12.6 Å². The number of ether oxygens (including phenoxy) is 1. The summed E-state index contributed by atoms with van der Waals surface area (Å²) in [5, 5.41) is 0. The number of nitrogens with zero attached hydrogens (tertiary/aromatic N) is 1. The standard InChI is InChI=1S/C9H15NO2/c1-2-12-9(11)10-6-7-3-4-8(10)5-7/h7-8H,2-6H2,1H3. The second-order valence-electron chi connectivity index (χ2n) is 3.68. The Balaban J connectivity index is 1.93. The number of carbonyl (C=O) groups excluding carboxylic acids is 1. The molecule has 12 heavy (non-hydrogen) atoms. The predicted octanol–water partition coefficient (Wildman–Crippen LogP) is 1.63. The van der Waals surface area contributed by atoms with E-state index in [1.54, 1.807) is 0 Å². The maximum absolute atomic E-state index is 11.3. The highest BCUT2D eigenvalue weighted by atomic mass is 16.6. The molecule has 0 aromatic carbocycles. The van der Waals surface area contributed by atoms with Gasteiger partial charge in [-0.05, 0) is 32.1 Å². The zero-order valence-corrected chi connectivity index (χ0v) is 7.45. The summed E-state index contributed by atoms with van der Waals surface area (Å²) in [6.45, 7) is 3.28. The van der Waals surface area contributed by atoms with Crippen molar-refractivity contribution in [2.75, 3.05) is 13.2 Å². The Hall–Kier alpha value is -0.730. The van der Waals surface area contributed by atoms with E-state index in [0.717, 1.165) is 12.5 Å². The van der Waals surface area contributed by atoms with Crippen LogP contribution in [0.15, 0.2) is 0 Å². The molecule has 3 nitrogen and oxygen atoms in total. The summed E-state index contributed by atoms with van der Waals surface area (Å²) in [5.74, 6) is 0.763. The molecule has 2 rings (SSSR count). The summed E-state index contributed by atoms with van der Waals surface area (Å²) in [7, 11) is 0. The molecule has 3 heteroatoms. The first kappa shape index (κ1) is 7.90. The van der Waals surface area contributed by atoms with Crippen molar-refractivity contribution in [2.45, 2.75) is 32.2 Å². The van der Waals surface area contributed by atoms with E-state index in [4.69, 9.17) is 4.74 Å². The van der Waals surface area contributed by atoms with Crippen molar-refractivity contribution in [1.82, 2.24) is 4.90 Å². The van der Waals surface area contributed by atoms with Crippen molar-refractivity contribution in [1.29, 1.82) is 0 Å². The molecular formula is C9H15NO2. The Morgan fingerprint density at radius 2 is 2.42 bits per heavy atom. The van der Waals surface area contributed by atoms with Crippen molar-refractivity contribution >= 4 is 6.09 Å². The first-order valence-electron chi connectivity index (χ1n) is 4.74. The van der Waals surface area contributed by atoms with Crippen LogP contribution >= 0.6 is 0 Å². The third kappa shape index (κ3) is 1.17. The van der Waals surface area contributed by atoms with Crippen LogP contribution in [-0.2, 0) is 4.74 Å². The van der Waals surface area contributed by atoms with Crippen LogP contribution in [0.4, 0.5) is 4.79 Å². The molecule has 0 aromatic rings.